The molecule has 4 heterocycles. The normalized spacial score (nSPS) is 11.2. The summed E-state index contributed by atoms with van der Waals surface area (Å²) in [5.41, 5.74) is 2.91. The maximum absolute atomic E-state index is 4.69. The molecule has 8 heteroatoms. The lowest BCUT2D eigenvalue weighted by molar-refractivity contribution is 0.766. The lowest BCUT2D eigenvalue weighted by atomic mass is 10.3. The fourth-order valence-corrected chi connectivity index (χ4v) is 3.10. The number of thiophene rings is 1. The molecule has 0 fully saturated rings. The van der Waals surface area contributed by atoms with E-state index in [0.717, 1.165) is 35.0 Å². The first kappa shape index (κ1) is 13.9. The molecule has 7 nitrogen and oxygen atoms in total. The second-order valence-corrected chi connectivity index (χ2v) is 6.16. The lowest BCUT2D eigenvalue weighted by Gasteiger charge is -2.17. The molecular weight excluding hydrogens is 310 g/mol. The molecule has 4 aromatic rings. The summed E-state index contributed by atoms with van der Waals surface area (Å²) in [6.07, 6.45) is 3.87. The number of aromatic nitrogens is 6. The van der Waals surface area contributed by atoms with Crippen LogP contribution in [-0.4, -0.2) is 36.6 Å². The number of anilines is 1. The van der Waals surface area contributed by atoms with E-state index in [1.807, 2.05) is 55.4 Å². The highest BCUT2D eigenvalue weighted by Crippen LogP contribution is 2.21. The summed E-state index contributed by atoms with van der Waals surface area (Å²) in [4.78, 5) is 2.08. The molecule has 23 heavy (non-hydrogen) atoms. The van der Waals surface area contributed by atoms with Crippen LogP contribution < -0.4 is 4.90 Å². The Morgan fingerprint density at radius 3 is 2.87 bits per heavy atom. The van der Waals surface area contributed by atoms with Crippen molar-refractivity contribution in [2.75, 3.05) is 11.9 Å². The Hall–Kier alpha value is -2.74. The standard InChI is InChI=1S/C15H15N7S/c1-20(8-11-7-16-21(2)9-11)14-4-3-13-17-18-15(22(13)19-14)12-5-6-23-10-12/h3-7,9-10H,8H2,1-2H3. The van der Waals surface area contributed by atoms with Gasteiger partial charge in [0, 0.05) is 43.3 Å². The summed E-state index contributed by atoms with van der Waals surface area (Å²) >= 11 is 1.63. The van der Waals surface area contributed by atoms with E-state index < -0.39 is 0 Å². The minimum absolute atomic E-state index is 0.738. The Kier molecular flexibility index (Phi) is 3.30. The molecule has 0 saturated heterocycles. The molecule has 0 aliphatic carbocycles. The lowest BCUT2D eigenvalue weighted by Crippen LogP contribution is -2.18. The fourth-order valence-electron chi connectivity index (χ4n) is 2.46. The van der Waals surface area contributed by atoms with Crippen LogP contribution in [0.15, 0.2) is 41.4 Å². The summed E-state index contributed by atoms with van der Waals surface area (Å²) in [6.45, 7) is 0.738. The Morgan fingerprint density at radius 1 is 1.22 bits per heavy atom. The molecule has 0 atom stereocenters. The van der Waals surface area contributed by atoms with Gasteiger partial charge in [-0.1, -0.05) is 0 Å². The van der Waals surface area contributed by atoms with Crippen molar-refractivity contribution in [1.82, 2.24) is 29.6 Å². The van der Waals surface area contributed by atoms with E-state index in [4.69, 9.17) is 0 Å². The Balaban J connectivity index is 1.69. The molecule has 0 aromatic carbocycles. The van der Waals surface area contributed by atoms with Crippen molar-refractivity contribution in [1.29, 1.82) is 0 Å². The van der Waals surface area contributed by atoms with Crippen LogP contribution in [0.5, 0.6) is 0 Å². The Morgan fingerprint density at radius 2 is 2.13 bits per heavy atom. The molecule has 0 N–H and O–H groups in total. The molecular formula is C15H15N7S. The first-order chi connectivity index (χ1) is 11.2. The first-order valence-electron chi connectivity index (χ1n) is 7.14. The van der Waals surface area contributed by atoms with Crippen LogP contribution in [0, 0.1) is 0 Å². The van der Waals surface area contributed by atoms with Gasteiger partial charge in [0.15, 0.2) is 11.5 Å². The summed E-state index contributed by atoms with van der Waals surface area (Å²) in [6, 6.07) is 5.91. The number of fused-ring (bicyclic) bond motifs is 1. The second kappa shape index (κ2) is 5.47. The predicted octanol–water partition coefficient (Wildman–Crippen LogP) is 2.22. The number of hydrogen-bond donors (Lipinski definition) is 0. The third-order valence-electron chi connectivity index (χ3n) is 3.60. The summed E-state index contributed by atoms with van der Waals surface area (Å²) in [7, 11) is 3.92. The van der Waals surface area contributed by atoms with Gasteiger partial charge in [-0.05, 0) is 23.6 Å². The van der Waals surface area contributed by atoms with E-state index in [1.54, 1.807) is 20.5 Å². The summed E-state index contributed by atoms with van der Waals surface area (Å²) in [5, 5.41) is 21.4. The predicted molar refractivity (Wildman–Crippen MR) is 89.4 cm³/mol. The molecule has 0 saturated carbocycles. The zero-order valence-corrected chi connectivity index (χ0v) is 13.6. The molecule has 0 spiro atoms. The highest BCUT2D eigenvalue weighted by atomic mass is 32.1. The molecule has 4 rings (SSSR count). The first-order valence-corrected chi connectivity index (χ1v) is 8.09. The van der Waals surface area contributed by atoms with Gasteiger partial charge in [0.05, 0.1) is 6.20 Å². The molecule has 0 aliphatic rings. The van der Waals surface area contributed by atoms with Crippen molar-refractivity contribution in [2.45, 2.75) is 6.54 Å². The molecule has 0 aliphatic heterocycles. The van der Waals surface area contributed by atoms with Crippen molar-refractivity contribution in [3.63, 3.8) is 0 Å². The average Bonchev–Trinajstić information content (AvgIpc) is 3.26. The van der Waals surface area contributed by atoms with Gasteiger partial charge >= 0.3 is 0 Å². The monoisotopic (exact) mass is 325 g/mol. The topological polar surface area (TPSA) is 64.1 Å². The van der Waals surface area contributed by atoms with E-state index in [9.17, 15) is 0 Å². The number of hydrogen-bond acceptors (Lipinski definition) is 6. The zero-order chi connectivity index (χ0) is 15.8. The van der Waals surface area contributed by atoms with E-state index in [1.165, 1.54) is 0 Å². The molecule has 4 aromatic heterocycles. The van der Waals surface area contributed by atoms with Gasteiger partial charge in [-0.15, -0.1) is 15.3 Å². The maximum atomic E-state index is 4.69. The molecule has 0 unspecified atom stereocenters. The SMILES string of the molecule is CN(Cc1cnn(C)c1)c1ccc2nnc(-c3ccsc3)n2n1. The number of rotatable bonds is 4. The van der Waals surface area contributed by atoms with Crippen molar-refractivity contribution in [3.8, 4) is 11.4 Å². The molecule has 0 bridgehead atoms. The van der Waals surface area contributed by atoms with Crippen molar-refractivity contribution in [3.05, 3.63) is 46.9 Å². The number of aryl methyl sites for hydroxylation is 1. The minimum atomic E-state index is 0.738. The van der Waals surface area contributed by atoms with Crippen LogP contribution in [0.4, 0.5) is 5.82 Å². The van der Waals surface area contributed by atoms with Crippen molar-refractivity contribution >= 4 is 22.8 Å². The Labute approximate surface area is 136 Å². The van der Waals surface area contributed by atoms with Gasteiger partial charge in [-0.2, -0.15) is 21.0 Å². The summed E-state index contributed by atoms with van der Waals surface area (Å²) in [5.74, 6) is 1.62. The molecule has 0 radical (unpaired) electrons. The van der Waals surface area contributed by atoms with Crippen LogP contribution in [-0.2, 0) is 13.6 Å². The van der Waals surface area contributed by atoms with Crippen LogP contribution in [0.1, 0.15) is 5.56 Å². The smallest absolute Gasteiger partial charge is 0.186 e. The van der Waals surface area contributed by atoms with Crippen molar-refractivity contribution in [2.24, 2.45) is 7.05 Å². The van der Waals surface area contributed by atoms with Crippen molar-refractivity contribution < 1.29 is 0 Å². The molecule has 116 valence electrons. The van der Waals surface area contributed by atoms with Crippen LogP contribution in [0.2, 0.25) is 0 Å². The third kappa shape index (κ3) is 2.57. The maximum Gasteiger partial charge on any atom is 0.186 e. The van der Waals surface area contributed by atoms with Crippen LogP contribution in [0.3, 0.4) is 0 Å². The number of nitrogens with zero attached hydrogens (tertiary/aromatic N) is 7. The van der Waals surface area contributed by atoms with Crippen LogP contribution in [0.25, 0.3) is 17.0 Å². The third-order valence-corrected chi connectivity index (χ3v) is 4.28. The Bertz CT molecular complexity index is 938. The highest BCUT2D eigenvalue weighted by molar-refractivity contribution is 7.08. The van der Waals surface area contributed by atoms with Gasteiger partial charge in [0.2, 0.25) is 0 Å². The van der Waals surface area contributed by atoms with E-state index in [-0.39, 0.29) is 0 Å². The van der Waals surface area contributed by atoms with Crippen LogP contribution >= 0.6 is 11.3 Å². The zero-order valence-electron chi connectivity index (χ0n) is 12.8. The van der Waals surface area contributed by atoms with Gasteiger partial charge in [0.25, 0.3) is 0 Å². The van der Waals surface area contributed by atoms with E-state index >= 15 is 0 Å². The van der Waals surface area contributed by atoms with Gasteiger partial charge in [0.1, 0.15) is 5.82 Å². The fraction of sp³-hybridized carbons (Fsp3) is 0.200. The van der Waals surface area contributed by atoms with E-state index in [0.29, 0.717) is 0 Å². The van der Waals surface area contributed by atoms with Gasteiger partial charge in [-0.3, -0.25) is 4.68 Å². The summed E-state index contributed by atoms with van der Waals surface area (Å²) < 4.78 is 3.59. The van der Waals surface area contributed by atoms with E-state index in [2.05, 4.69) is 25.3 Å². The molecule has 0 amide bonds. The average molecular weight is 325 g/mol. The quantitative estimate of drug-likeness (QED) is 0.576. The minimum Gasteiger partial charge on any atom is -0.354 e. The highest BCUT2D eigenvalue weighted by Gasteiger charge is 2.12. The van der Waals surface area contributed by atoms with Gasteiger partial charge in [-0.25, -0.2) is 0 Å². The second-order valence-electron chi connectivity index (χ2n) is 5.38. The van der Waals surface area contributed by atoms with Gasteiger partial charge < -0.3 is 4.90 Å². The largest absolute Gasteiger partial charge is 0.354 e.